The summed E-state index contributed by atoms with van der Waals surface area (Å²) in [7, 11) is 0. The normalized spacial score (nSPS) is 10.4. The fourth-order valence-corrected chi connectivity index (χ4v) is 2.24. The lowest BCUT2D eigenvalue weighted by Crippen LogP contribution is -2.05. The third kappa shape index (κ3) is 4.75. The third-order valence-electron chi connectivity index (χ3n) is 2.24. The zero-order valence-corrected chi connectivity index (χ0v) is 11.4. The molecule has 0 N–H and O–H groups in total. The molecule has 0 atom stereocenters. The van der Waals surface area contributed by atoms with Gasteiger partial charge in [0.05, 0.1) is 6.42 Å². The molecule has 0 fully saturated rings. The number of hydrogen-bond donors (Lipinski definition) is 0. The van der Waals surface area contributed by atoms with E-state index in [4.69, 9.17) is 9.26 Å². The van der Waals surface area contributed by atoms with Gasteiger partial charge in [-0.15, -0.1) is 11.8 Å². The number of carbonyl (C=O) groups excluding carboxylic acids is 1. The van der Waals surface area contributed by atoms with Crippen LogP contribution in [0.2, 0.25) is 0 Å². The molecule has 0 aliphatic rings. The van der Waals surface area contributed by atoms with E-state index in [9.17, 15) is 4.79 Å². The maximum atomic E-state index is 11.5. The number of thioether (sulfide) groups is 1. The van der Waals surface area contributed by atoms with E-state index < -0.39 is 0 Å². The van der Waals surface area contributed by atoms with Gasteiger partial charge in [0, 0.05) is 10.6 Å². The Balaban J connectivity index is 1.65. The molecule has 0 spiro atoms. The fraction of sp³-hybridized carbons (Fsp3) is 0.308. The van der Waals surface area contributed by atoms with Crippen LogP contribution in [-0.2, 0) is 16.1 Å². The average molecular weight is 278 g/mol. The Bertz CT molecular complexity index is 528. The molecule has 0 amide bonds. The van der Waals surface area contributed by atoms with Crippen LogP contribution in [0.4, 0.5) is 0 Å². The summed E-state index contributed by atoms with van der Waals surface area (Å²) in [6.07, 6.45) is 0.354. The van der Waals surface area contributed by atoms with E-state index in [1.165, 1.54) is 0 Å². The molecule has 5 nitrogen and oxygen atoms in total. The Kier molecular flexibility index (Phi) is 4.97. The van der Waals surface area contributed by atoms with Gasteiger partial charge in [0.15, 0.2) is 12.4 Å². The van der Waals surface area contributed by atoms with E-state index in [0.717, 1.165) is 4.90 Å². The molecule has 1 aromatic heterocycles. The quantitative estimate of drug-likeness (QED) is 0.597. The molecule has 0 radical (unpaired) electrons. The number of hydrogen-bond acceptors (Lipinski definition) is 6. The van der Waals surface area contributed by atoms with E-state index in [1.807, 2.05) is 30.3 Å². The molecule has 19 heavy (non-hydrogen) atoms. The molecule has 2 rings (SSSR count). The van der Waals surface area contributed by atoms with Crippen molar-refractivity contribution in [2.24, 2.45) is 0 Å². The third-order valence-corrected chi connectivity index (χ3v) is 3.26. The fourth-order valence-electron chi connectivity index (χ4n) is 1.38. The first-order valence-corrected chi connectivity index (χ1v) is 6.85. The molecule has 6 heteroatoms. The van der Waals surface area contributed by atoms with Crippen molar-refractivity contribution in [1.29, 1.82) is 0 Å². The molecule has 0 aliphatic heterocycles. The molecular weight excluding hydrogens is 264 g/mol. The van der Waals surface area contributed by atoms with Crippen molar-refractivity contribution in [3.63, 3.8) is 0 Å². The lowest BCUT2D eigenvalue weighted by Gasteiger charge is -2.02. The smallest absolute Gasteiger partial charge is 0.307 e. The molecule has 0 saturated heterocycles. The number of carbonyl (C=O) groups is 1. The van der Waals surface area contributed by atoms with Gasteiger partial charge >= 0.3 is 5.97 Å². The Labute approximate surface area is 115 Å². The van der Waals surface area contributed by atoms with Crippen LogP contribution >= 0.6 is 11.8 Å². The first-order valence-electron chi connectivity index (χ1n) is 5.87. The number of rotatable bonds is 6. The second-order valence-corrected chi connectivity index (χ2v) is 4.98. The molecule has 1 aromatic carbocycles. The van der Waals surface area contributed by atoms with Gasteiger partial charge in [-0.3, -0.25) is 4.79 Å². The van der Waals surface area contributed by atoms with Gasteiger partial charge in [0.25, 0.3) is 5.89 Å². The number of nitrogens with zero attached hydrogens (tertiary/aromatic N) is 2. The predicted octanol–water partition coefficient (Wildman–Crippen LogP) is 2.60. The van der Waals surface area contributed by atoms with Crippen LogP contribution < -0.4 is 0 Å². The lowest BCUT2D eigenvalue weighted by atomic mass is 10.4. The topological polar surface area (TPSA) is 65.2 Å². The highest BCUT2D eigenvalue weighted by molar-refractivity contribution is 7.99. The van der Waals surface area contributed by atoms with Crippen LogP contribution in [0.1, 0.15) is 18.1 Å². The molecule has 0 bridgehead atoms. The van der Waals surface area contributed by atoms with Crippen LogP contribution in [0.25, 0.3) is 0 Å². The Morgan fingerprint density at radius 1 is 1.37 bits per heavy atom. The highest BCUT2D eigenvalue weighted by Crippen LogP contribution is 2.17. The van der Waals surface area contributed by atoms with Gasteiger partial charge in [0.2, 0.25) is 0 Å². The Hall–Kier alpha value is -1.82. The Morgan fingerprint density at radius 2 is 2.16 bits per heavy atom. The minimum Gasteiger partial charge on any atom is -0.456 e. The first kappa shape index (κ1) is 13.6. The summed E-state index contributed by atoms with van der Waals surface area (Å²) in [6.45, 7) is 1.75. The van der Waals surface area contributed by atoms with E-state index in [1.54, 1.807) is 18.7 Å². The van der Waals surface area contributed by atoms with Gasteiger partial charge in [-0.1, -0.05) is 23.4 Å². The second-order valence-electron chi connectivity index (χ2n) is 3.81. The molecule has 2 aromatic rings. The van der Waals surface area contributed by atoms with Crippen LogP contribution in [0.3, 0.4) is 0 Å². The van der Waals surface area contributed by atoms with Crippen LogP contribution in [0.5, 0.6) is 0 Å². The Morgan fingerprint density at radius 3 is 2.84 bits per heavy atom. The second kappa shape index (κ2) is 6.94. The van der Waals surface area contributed by atoms with E-state index >= 15 is 0 Å². The molecule has 0 unspecified atom stereocenters. The summed E-state index contributed by atoms with van der Waals surface area (Å²) in [5.74, 6) is 1.28. The standard InChI is InChI=1S/C13H14N2O3S/c1-10-14-12(18-15-10)9-17-13(16)7-8-19-11-5-3-2-4-6-11/h2-6H,7-9H2,1H3. The summed E-state index contributed by atoms with van der Waals surface area (Å²) < 4.78 is 9.88. The molecule has 100 valence electrons. The highest BCUT2D eigenvalue weighted by Gasteiger charge is 2.07. The van der Waals surface area contributed by atoms with Crippen molar-refractivity contribution in [2.75, 3.05) is 5.75 Å². The SMILES string of the molecule is Cc1noc(COC(=O)CCSc2ccccc2)n1. The number of benzene rings is 1. The van der Waals surface area contributed by atoms with Crippen molar-refractivity contribution in [2.45, 2.75) is 24.8 Å². The first-order chi connectivity index (χ1) is 9.24. The van der Waals surface area contributed by atoms with Crippen molar-refractivity contribution in [3.8, 4) is 0 Å². The van der Waals surface area contributed by atoms with Crippen molar-refractivity contribution < 1.29 is 14.1 Å². The van der Waals surface area contributed by atoms with E-state index in [-0.39, 0.29) is 12.6 Å². The summed E-state index contributed by atoms with van der Waals surface area (Å²) in [6, 6.07) is 9.93. The largest absolute Gasteiger partial charge is 0.456 e. The summed E-state index contributed by atoms with van der Waals surface area (Å²) >= 11 is 1.62. The number of aryl methyl sites for hydroxylation is 1. The van der Waals surface area contributed by atoms with Gasteiger partial charge in [-0.2, -0.15) is 4.98 Å². The average Bonchev–Trinajstić information content (AvgIpc) is 2.83. The lowest BCUT2D eigenvalue weighted by molar-refractivity contribution is -0.145. The zero-order valence-electron chi connectivity index (χ0n) is 10.5. The van der Waals surface area contributed by atoms with Gasteiger partial charge < -0.3 is 9.26 Å². The van der Waals surface area contributed by atoms with Crippen molar-refractivity contribution in [3.05, 3.63) is 42.0 Å². The molecule has 1 heterocycles. The monoisotopic (exact) mass is 278 g/mol. The zero-order chi connectivity index (χ0) is 13.5. The minimum absolute atomic E-state index is 0.0374. The molecule has 0 saturated carbocycles. The maximum absolute atomic E-state index is 11.5. The number of ether oxygens (including phenoxy) is 1. The van der Waals surface area contributed by atoms with Crippen LogP contribution in [0.15, 0.2) is 39.8 Å². The van der Waals surface area contributed by atoms with Gasteiger partial charge in [-0.25, -0.2) is 0 Å². The summed E-state index contributed by atoms with van der Waals surface area (Å²) in [5, 5.41) is 3.61. The molecular formula is C13H14N2O3S. The van der Waals surface area contributed by atoms with Crippen molar-refractivity contribution in [1.82, 2.24) is 10.1 Å². The minimum atomic E-state index is -0.265. The van der Waals surface area contributed by atoms with Gasteiger partial charge in [0.1, 0.15) is 0 Å². The van der Waals surface area contributed by atoms with Crippen molar-refractivity contribution >= 4 is 17.7 Å². The number of aromatic nitrogens is 2. The predicted molar refractivity (Wildman–Crippen MR) is 70.6 cm³/mol. The van der Waals surface area contributed by atoms with E-state index in [2.05, 4.69) is 10.1 Å². The highest BCUT2D eigenvalue weighted by atomic mass is 32.2. The maximum Gasteiger partial charge on any atom is 0.307 e. The molecule has 0 aliphatic carbocycles. The number of esters is 1. The summed E-state index contributed by atoms with van der Waals surface area (Å²) in [5.41, 5.74) is 0. The van der Waals surface area contributed by atoms with Gasteiger partial charge in [-0.05, 0) is 19.1 Å². The van der Waals surface area contributed by atoms with Crippen LogP contribution in [-0.4, -0.2) is 21.9 Å². The van der Waals surface area contributed by atoms with Crippen LogP contribution in [0, 0.1) is 6.92 Å². The summed E-state index contributed by atoms with van der Waals surface area (Å²) in [4.78, 5) is 16.6. The van der Waals surface area contributed by atoms with E-state index in [0.29, 0.717) is 23.9 Å².